The van der Waals surface area contributed by atoms with Crippen molar-refractivity contribution in [2.24, 2.45) is 0 Å². The highest BCUT2D eigenvalue weighted by Gasteiger charge is 2.44. The Hall–Kier alpha value is -0.510. The second kappa shape index (κ2) is 4.63. The molecule has 1 N–H and O–H groups in total. The van der Waals surface area contributed by atoms with Crippen LogP contribution in [-0.2, 0) is 19.0 Å². The fourth-order valence-corrected chi connectivity index (χ4v) is 2.03. The molecule has 0 heterocycles. The Morgan fingerprint density at radius 2 is 1.53 bits per heavy atom. The predicted molar refractivity (Wildman–Crippen MR) is 55.1 cm³/mol. The molecule has 17 heavy (non-hydrogen) atoms. The summed E-state index contributed by atoms with van der Waals surface area (Å²) in [7, 11) is 0. The molecule has 0 aromatic heterocycles. The average molecular weight is 370 g/mol. The first-order valence-corrected chi connectivity index (χ1v) is 5.23. The van der Waals surface area contributed by atoms with Gasteiger partial charge in [0, 0.05) is 3.57 Å². The summed E-state index contributed by atoms with van der Waals surface area (Å²) in [6.07, 6.45) is -10.3. The predicted octanol–water partition coefficient (Wildman–Crippen LogP) is 3.82. The largest absolute Gasteiger partial charge is 0.417 e. The van der Waals surface area contributed by atoms with Gasteiger partial charge in [-0.3, -0.25) is 0 Å². The number of benzene rings is 1. The number of hydrogen-bond acceptors (Lipinski definition) is 1. The van der Waals surface area contributed by atoms with Gasteiger partial charge in [0.05, 0.1) is 17.7 Å². The van der Waals surface area contributed by atoms with Gasteiger partial charge in [-0.1, -0.05) is 0 Å². The molecule has 0 saturated heterocycles. The van der Waals surface area contributed by atoms with Gasteiger partial charge in [0.1, 0.15) is 0 Å². The van der Waals surface area contributed by atoms with Gasteiger partial charge < -0.3 is 5.11 Å². The quantitative estimate of drug-likeness (QED) is 0.589. The fraction of sp³-hybridized carbons (Fsp3) is 0.333. The minimum Gasteiger partial charge on any atom is -0.392 e. The van der Waals surface area contributed by atoms with Crippen LogP contribution in [0.25, 0.3) is 0 Å². The maximum atomic E-state index is 12.5. The number of aliphatic hydroxyl groups excluding tert-OH is 1. The summed E-state index contributed by atoms with van der Waals surface area (Å²) in [5, 5.41) is 8.73. The van der Waals surface area contributed by atoms with E-state index in [9.17, 15) is 26.3 Å². The Balaban J connectivity index is 3.63. The Morgan fingerprint density at radius 1 is 1.00 bits per heavy atom. The van der Waals surface area contributed by atoms with Gasteiger partial charge in [0.2, 0.25) is 0 Å². The number of alkyl halides is 6. The summed E-state index contributed by atoms with van der Waals surface area (Å²) in [5.74, 6) is 0. The highest BCUT2D eigenvalue weighted by Crippen LogP contribution is 2.42. The monoisotopic (exact) mass is 370 g/mol. The molecule has 0 radical (unpaired) electrons. The Labute approximate surface area is 106 Å². The SMILES string of the molecule is OCc1cc(I)cc(C(F)(F)F)c1C(F)(F)F. The zero-order valence-corrected chi connectivity index (χ0v) is 10.1. The van der Waals surface area contributed by atoms with E-state index < -0.39 is 35.6 Å². The van der Waals surface area contributed by atoms with Crippen molar-refractivity contribution in [2.75, 3.05) is 0 Å². The van der Waals surface area contributed by atoms with Gasteiger partial charge in [0.15, 0.2) is 0 Å². The van der Waals surface area contributed by atoms with E-state index in [1.165, 1.54) is 22.6 Å². The molecule has 96 valence electrons. The lowest BCUT2D eigenvalue weighted by Crippen LogP contribution is -2.19. The first-order chi connectivity index (χ1) is 7.57. The van der Waals surface area contributed by atoms with E-state index in [0.717, 1.165) is 6.07 Å². The number of rotatable bonds is 1. The van der Waals surface area contributed by atoms with Crippen LogP contribution < -0.4 is 0 Å². The van der Waals surface area contributed by atoms with Crippen LogP contribution in [0.15, 0.2) is 12.1 Å². The van der Waals surface area contributed by atoms with E-state index in [4.69, 9.17) is 5.11 Å². The lowest BCUT2D eigenvalue weighted by Gasteiger charge is -2.18. The zero-order chi connectivity index (χ0) is 13.4. The molecule has 0 aliphatic heterocycles. The number of halogens is 7. The highest BCUT2D eigenvalue weighted by atomic mass is 127. The molecule has 0 unspecified atom stereocenters. The highest BCUT2D eigenvalue weighted by molar-refractivity contribution is 14.1. The maximum absolute atomic E-state index is 12.5. The van der Waals surface area contributed by atoms with Gasteiger partial charge in [-0.2, -0.15) is 26.3 Å². The Kier molecular flexibility index (Phi) is 3.97. The topological polar surface area (TPSA) is 20.2 Å². The summed E-state index contributed by atoms with van der Waals surface area (Å²) in [6.45, 7) is -1.10. The standard InChI is InChI=1S/C9H5F6IO/c10-8(11,12)6-2-5(16)1-4(3-17)7(6)9(13,14)15/h1-2,17H,3H2. The molecule has 0 amide bonds. The summed E-state index contributed by atoms with van der Waals surface area (Å²) in [4.78, 5) is 0. The van der Waals surface area contributed by atoms with Crippen LogP contribution in [0.1, 0.15) is 16.7 Å². The Morgan fingerprint density at radius 3 is 1.88 bits per heavy atom. The average Bonchev–Trinajstić information content (AvgIpc) is 2.12. The molecular formula is C9H5F6IO. The van der Waals surface area contributed by atoms with Crippen molar-refractivity contribution in [1.82, 2.24) is 0 Å². The van der Waals surface area contributed by atoms with Crippen molar-refractivity contribution >= 4 is 22.6 Å². The van der Waals surface area contributed by atoms with Crippen LogP contribution in [0, 0.1) is 3.57 Å². The van der Waals surface area contributed by atoms with E-state index in [-0.39, 0.29) is 3.57 Å². The molecule has 0 bridgehead atoms. The third-order valence-electron chi connectivity index (χ3n) is 1.94. The van der Waals surface area contributed by atoms with Crippen LogP contribution >= 0.6 is 22.6 Å². The lowest BCUT2D eigenvalue weighted by atomic mass is 10.0. The van der Waals surface area contributed by atoms with Crippen molar-refractivity contribution in [2.45, 2.75) is 19.0 Å². The summed E-state index contributed by atoms with van der Waals surface area (Å²) < 4.78 is 75.1. The van der Waals surface area contributed by atoms with Crippen LogP contribution in [0.3, 0.4) is 0 Å². The minimum absolute atomic E-state index is 0.0213. The molecular weight excluding hydrogens is 365 g/mol. The van der Waals surface area contributed by atoms with E-state index in [2.05, 4.69) is 0 Å². The van der Waals surface area contributed by atoms with Crippen LogP contribution in [0.5, 0.6) is 0 Å². The molecule has 8 heteroatoms. The van der Waals surface area contributed by atoms with Crippen molar-refractivity contribution in [3.8, 4) is 0 Å². The first kappa shape index (κ1) is 14.6. The third kappa shape index (κ3) is 3.24. The molecule has 0 aliphatic rings. The van der Waals surface area contributed by atoms with E-state index in [0.29, 0.717) is 6.07 Å². The fourth-order valence-electron chi connectivity index (χ4n) is 1.35. The van der Waals surface area contributed by atoms with Crippen molar-refractivity contribution in [1.29, 1.82) is 0 Å². The van der Waals surface area contributed by atoms with Gasteiger partial charge in [-0.05, 0) is 40.3 Å². The molecule has 0 aliphatic carbocycles. The van der Waals surface area contributed by atoms with E-state index in [1.807, 2.05) is 0 Å². The van der Waals surface area contributed by atoms with Gasteiger partial charge in [0.25, 0.3) is 0 Å². The summed E-state index contributed by atoms with van der Waals surface area (Å²) in [6, 6.07) is 1.28. The molecule has 1 nitrogen and oxygen atoms in total. The van der Waals surface area contributed by atoms with Gasteiger partial charge in [-0.25, -0.2) is 0 Å². The van der Waals surface area contributed by atoms with Crippen molar-refractivity contribution in [3.63, 3.8) is 0 Å². The van der Waals surface area contributed by atoms with Crippen LogP contribution in [0.4, 0.5) is 26.3 Å². The van der Waals surface area contributed by atoms with E-state index in [1.54, 1.807) is 0 Å². The zero-order valence-electron chi connectivity index (χ0n) is 7.95. The lowest BCUT2D eigenvalue weighted by molar-refractivity contribution is -0.162. The van der Waals surface area contributed by atoms with Crippen molar-refractivity contribution < 1.29 is 31.4 Å². The van der Waals surface area contributed by atoms with Crippen molar-refractivity contribution in [3.05, 3.63) is 32.4 Å². The first-order valence-electron chi connectivity index (χ1n) is 4.15. The molecule has 1 rings (SSSR count). The van der Waals surface area contributed by atoms with E-state index >= 15 is 0 Å². The minimum atomic E-state index is -5.16. The molecule has 0 fully saturated rings. The second-order valence-corrected chi connectivity index (χ2v) is 4.39. The summed E-state index contributed by atoms with van der Waals surface area (Å²) >= 11 is 1.46. The second-order valence-electron chi connectivity index (χ2n) is 3.14. The maximum Gasteiger partial charge on any atom is 0.417 e. The molecule has 0 spiro atoms. The molecule has 1 aromatic rings. The molecule has 0 atom stereocenters. The normalized spacial score (nSPS) is 12.9. The molecule has 0 saturated carbocycles. The number of aliphatic hydroxyl groups is 1. The van der Waals surface area contributed by atoms with Crippen LogP contribution in [0.2, 0.25) is 0 Å². The van der Waals surface area contributed by atoms with Gasteiger partial charge >= 0.3 is 12.4 Å². The number of hydrogen-bond donors (Lipinski definition) is 1. The molecule has 1 aromatic carbocycles. The smallest absolute Gasteiger partial charge is 0.392 e. The summed E-state index contributed by atoms with van der Waals surface area (Å²) in [5.41, 5.74) is -4.38. The van der Waals surface area contributed by atoms with Crippen LogP contribution in [-0.4, -0.2) is 5.11 Å². The third-order valence-corrected chi connectivity index (χ3v) is 2.57. The van der Waals surface area contributed by atoms with Gasteiger partial charge in [-0.15, -0.1) is 0 Å². The Bertz CT molecular complexity index is 423.